The van der Waals surface area contributed by atoms with Gasteiger partial charge in [-0.25, -0.2) is 13.2 Å². The number of carbonyl (C=O) groups excluding carboxylic acids is 3. The number of hydrogen-bond acceptors (Lipinski definition) is 4. The van der Waals surface area contributed by atoms with Crippen molar-refractivity contribution >= 4 is 23.4 Å². The highest BCUT2D eigenvalue weighted by molar-refractivity contribution is 5.95. The summed E-state index contributed by atoms with van der Waals surface area (Å²) in [6, 6.07) is 7.33. The monoisotopic (exact) mass is 448 g/mol. The first-order valence-electron chi connectivity index (χ1n) is 10.0. The molecule has 0 aliphatic carbocycles. The Morgan fingerprint density at radius 2 is 1.59 bits per heavy atom. The van der Waals surface area contributed by atoms with Gasteiger partial charge in [0.15, 0.2) is 11.6 Å². The Bertz CT molecular complexity index is 1020. The molecule has 2 aromatic carbocycles. The minimum atomic E-state index is -1.09. The second kappa shape index (κ2) is 10.3. The third-order valence-corrected chi connectivity index (χ3v) is 5.09. The van der Waals surface area contributed by atoms with Crippen molar-refractivity contribution in [3.63, 3.8) is 0 Å². The quantitative estimate of drug-likeness (QED) is 0.708. The zero-order valence-electron chi connectivity index (χ0n) is 17.5. The minimum absolute atomic E-state index is 0.0413. The van der Waals surface area contributed by atoms with Gasteiger partial charge in [0.25, 0.3) is 5.91 Å². The van der Waals surface area contributed by atoms with Crippen LogP contribution in [0.15, 0.2) is 36.4 Å². The molecule has 1 saturated heterocycles. The van der Waals surface area contributed by atoms with E-state index >= 15 is 0 Å². The molecule has 0 bridgehead atoms. The van der Waals surface area contributed by atoms with E-state index in [0.29, 0.717) is 31.7 Å². The summed E-state index contributed by atoms with van der Waals surface area (Å²) < 4.78 is 39.8. The molecule has 32 heavy (non-hydrogen) atoms. The zero-order valence-corrected chi connectivity index (χ0v) is 17.5. The topological polar surface area (TPSA) is 81.8 Å². The summed E-state index contributed by atoms with van der Waals surface area (Å²) in [4.78, 5) is 40.0. The number of benzene rings is 2. The van der Waals surface area contributed by atoms with Crippen LogP contribution >= 0.6 is 0 Å². The fourth-order valence-corrected chi connectivity index (χ4v) is 3.23. The maximum Gasteiger partial charge on any atom is 0.254 e. The molecule has 0 saturated carbocycles. The van der Waals surface area contributed by atoms with Gasteiger partial charge in [-0.1, -0.05) is 6.07 Å². The third kappa shape index (κ3) is 6.07. The molecule has 7 nitrogen and oxygen atoms in total. The van der Waals surface area contributed by atoms with E-state index in [9.17, 15) is 27.6 Å². The lowest BCUT2D eigenvalue weighted by atomic mass is 10.1. The molecule has 0 aromatic heterocycles. The lowest BCUT2D eigenvalue weighted by Crippen LogP contribution is -2.51. The van der Waals surface area contributed by atoms with E-state index in [2.05, 4.69) is 10.6 Å². The number of hydrogen-bond donors (Lipinski definition) is 2. The molecule has 3 rings (SSSR count). The molecule has 1 aliphatic heterocycles. The lowest BCUT2D eigenvalue weighted by Gasteiger charge is -2.34. The zero-order chi connectivity index (χ0) is 23.3. The number of piperazine rings is 1. The predicted octanol–water partition coefficient (Wildman–Crippen LogP) is 1.93. The minimum Gasteiger partial charge on any atom is -0.346 e. The third-order valence-electron chi connectivity index (χ3n) is 5.09. The van der Waals surface area contributed by atoms with E-state index in [4.69, 9.17) is 0 Å². The van der Waals surface area contributed by atoms with Gasteiger partial charge in [0.1, 0.15) is 5.82 Å². The summed E-state index contributed by atoms with van der Waals surface area (Å²) in [7, 11) is 0. The Kier molecular flexibility index (Phi) is 7.47. The maximum absolute atomic E-state index is 13.7. The van der Waals surface area contributed by atoms with Crippen molar-refractivity contribution in [2.24, 2.45) is 0 Å². The van der Waals surface area contributed by atoms with Gasteiger partial charge < -0.3 is 15.5 Å². The number of halogens is 3. The Labute approximate surface area is 183 Å². The number of aryl methyl sites for hydroxylation is 1. The van der Waals surface area contributed by atoms with Crippen LogP contribution in [-0.2, 0) is 9.59 Å². The molecular formula is C22H23F3N4O3. The van der Waals surface area contributed by atoms with E-state index in [1.165, 1.54) is 12.1 Å². The highest BCUT2D eigenvalue weighted by atomic mass is 19.2. The second-order valence-electron chi connectivity index (χ2n) is 7.49. The van der Waals surface area contributed by atoms with E-state index in [1.54, 1.807) is 24.0 Å². The highest BCUT2D eigenvalue weighted by Crippen LogP contribution is 2.14. The Hall–Kier alpha value is -3.40. The number of nitrogens with one attached hydrogen (secondary N) is 2. The van der Waals surface area contributed by atoms with Crippen LogP contribution in [0, 0.1) is 24.4 Å². The first-order valence-corrected chi connectivity index (χ1v) is 10.0. The van der Waals surface area contributed by atoms with E-state index in [-0.39, 0.29) is 36.2 Å². The van der Waals surface area contributed by atoms with Crippen molar-refractivity contribution in [2.45, 2.75) is 6.92 Å². The van der Waals surface area contributed by atoms with Gasteiger partial charge in [-0.05, 0) is 36.8 Å². The van der Waals surface area contributed by atoms with E-state index in [1.807, 2.05) is 4.90 Å². The molecule has 1 heterocycles. The van der Waals surface area contributed by atoms with Crippen molar-refractivity contribution in [1.29, 1.82) is 0 Å². The number of anilines is 1. The Balaban J connectivity index is 1.40. The van der Waals surface area contributed by atoms with Crippen LogP contribution in [0.4, 0.5) is 18.9 Å². The van der Waals surface area contributed by atoms with Gasteiger partial charge in [-0.2, -0.15) is 0 Å². The molecule has 2 aromatic rings. The SMILES string of the molecule is Cc1ccc(C(=O)N2CCN(CC(=O)NCC(=O)Nc3ccc(F)c(F)c3)CC2)cc1F. The summed E-state index contributed by atoms with van der Waals surface area (Å²) in [5.74, 6) is -3.77. The molecule has 2 N–H and O–H groups in total. The van der Waals surface area contributed by atoms with Crippen LogP contribution in [0.3, 0.4) is 0 Å². The normalized spacial score (nSPS) is 14.2. The van der Waals surface area contributed by atoms with Crippen molar-refractivity contribution in [3.8, 4) is 0 Å². The summed E-state index contributed by atoms with van der Waals surface area (Å²) in [6.07, 6.45) is 0. The second-order valence-corrected chi connectivity index (χ2v) is 7.49. The molecule has 0 spiro atoms. The van der Waals surface area contributed by atoms with Crippen molar-refractivity contribution in [1.82, 2.24) is 15.1 Å². The van der Waals surface area contributed by atoms with Crippen LogP contribution in [-0.4, -0.2) is 66.8 Å². The first-order chi connectivity index (χ1) is 15.2. The van der Waals surface area contributed by atoms with Gasteiger partial charge >= 0.3 is 0 Å². The number of rotatable bonds is 6. The molecule has 3 amide bonds. The molecule has 10 heteroatoms. The smallest absolute Gasteiger partial charge is 0.254 e. The molecule has 0 unspecified atom stereocenters. The fraction of sp³-hybridized carbons (Fsp3) is 0.318. The van der Waals surface area contributed by atoms with Gasteiger partial charge in [0.05, 0.1) is 13.1 Å². The molecular weight excluding hydrogens is 425 g/mol. The van der Waals surface area contributed by atoms with E-state index in [0.717, 1.165) is 12.1 Å². The van der Waals surface area contributed by atoms with Gasteiger partial charge in [0, 0.05) is 43.5 Å². The van der Waals surface area contributed by atoms with Gasteiger partial charge in [-0.15, -0.1) is 0 Å². The lowest BCUT2D eigenvalue weighted by molar-refractivity contribution is -0.125. The average Bonchev–Trinajstić information content (AvgIpc) is 2.77. The van der Waals surface area contributed by atoms with Crippen LogP contribution in [0.2, 0.25) is 0 Å². The number of carbonyl (C=O) groups is 3. The molecule has 0 radical (unpaired) electrons. The predicted molar refractivity (Wildman–Crippen MR) is 111 cm³/mol. The molecule has 1 aliphatic rings. The number of amides is 3. The number of nitrogens with zero attached hydrogens (tertiary/aromatic N) is 2. The standard InChI is InChI=1S/C22H23F3N4O3/c1-14-2-3-15(10-18(14)24)22(32)29-8-6-28(7-9-29)13-21(31)26-12-20(30)27-16-4-5-17(23)19(25)11-16/h2-5,10-11H,6-9,12-13H2,1H3,(H,26,31)(H,27,30). The molecule has 0 atom stereocenters. The summed E-state index contributed by atoms with van der Waals surface area (Å²) >= 11 is 0. The average molecular weight is 448 g/mol. The van der Waals surface area contributed by atoms with Crippen LogP contribution in [0.5, 0.6) is 0 Å². The van der Waals surface area contributed by atoms with Crippen LogP contribution < -0.4 is 10.6 Å². The van der Waals surface area contributed by atoms with E-state index < -0.39 is 23.4 Å². The van der Waals surface area contributed by atoms with Crippen molar-refractivity contribution in [3.05, 3.63) is 65.0 Å². The Morgan fingerprint density at radius 1 is 0.875 bits per heavy atom. The summed E-state index contributed by atoms with van der Waals surface area (Å²) in [5.41, 5.74) is 0.833. The largest absolute Gasteiger partial charge is 0.346 e. The summed E-state index contributed by atoms with van der Waals surface area (Å²) in [6.45, 7) is 3.02. The maximum atomic E-state index is 13.7. The summed E-state index contributed by atoms with van der Waals surface area (Å²) in [5, 5.41) is 4.83. The highest BCUT2D eigenvalue weighted by Gasteiger charge is 2.24. The Morgan fingerprint density at radius 3 is 2.25 bits per heavy atom. The van der Waals surface area contributed by atoms with Gasteiger partial charge in [-0.3, -0.25) is 19.3 Å². The van der Waals surface area contributed by atoms with Gasteiger partial charge in [0.2, 0.25) is 11.8 Å². The fourth-order valence-electron chi connectivity index (χ4n) is 3.23. The first kappa shape index (κ1) is 23.3. The van der Waals surface area contributed by atoms with Crippen molar-refractivity contribution in [2.75, 3.05) is 44.6 Å². The molecule has 1 fully saturated rings. The van der Waals surface area contributed by atoms with Crippen LogP contribution in [0.25, 0.3) is 0 Å². The van der Waals surface area contributed by atoms with Crippen LogP contribution in [0.1, 0.15) is 15.9 Å². The van der Waals surface area contributed by atoms with Crippen molar-refractivity contribution < 1.29 is 27.6 Å². The molecule has 170 valence electrons.